The molecular weight excluding hydrogens is 282 g/mol. The highest BCUT2D eigenvalue weighted by atomic mass is 16.7. The molecule has 0 amide bonds. The van der Waals surface area contributed by atoms with Crippen LogP contribution in [-0.2, 0) is 13.0 Å². The van der Waals surface area contributed by atoms with Crippen molar-refractivity contribution in [1.29, 1.82) is 0 Å². The van der Waals surface area contributed by atoms with Gasteiger partial charge in [0.15, 0.2) is 11.5 Å². The SMILES string of the molecule is CCCc1nc(NCc2ccc3c(c2)OCO3)cc(OC)n1. The molecule has 0 saturated carbocycles. The van der Waals surface area contributed by atoms with E-state index >= 15 is 0 Å². The topological polar surface area (TPSA) is 65.5 Å². The van der Waals surface area contributed by atoms with Crippen LogP contribution in [0.2, 0.25) is 0 Å². The van der Waals surface area contributed by atoms with Crippen molar-refractivity contribution in [3.63, 3.8) is 0 Å². The van der Waals surface area contributed by atoms with Crippen molar-refractivity contribution in [2.24, 2.45) is 0 Å². The summed E-state index contributed by atoms with van der Waals surface area (Å²) in [5.41, 5.74) is 1.10. The van der Waals surface area contributed by atoms with Gasteiger partial charge < -0.3 is 19.5 Å². The standard InChI is InChI=1S/C16H19N3O3/c1-3-4-14-18-15(8-16(19-14)20-2)17-9-11-5-6-12-13(7-11)22-10-21-12/h5-8H,3-4,9-10H2,1-2H3,(H,17,18,19). The van der Waals surface area contributed by atoms with E-state index in [1.807, 2.05) is 18.2 Å². The fourth-order valence-corrected chi connectivity index (χ4v) is 2.25. The van der Waals surface area contributed by atoms with E-state index in [0.717, 1.165) is 41.5 Å². The molecule has 2 heterocycles. The molecule has 6 nitrogen and oxygen atoms in total. The van der Waals surface area contributed by atoms with Gasteiger partial charge in [0.1, 0.15) is 11.6 Å². The lowest BCUT2D eigenvalue weighted by atomic mass is 10.2. The van der Waals surface area contributed by atoms with Crippen LogP contribution in [0.5, 0.6) is 17.4 Å². The molecule has 1 N–H and O–H groups in total. The molecule has 0 radical (unpaired) electrons. The van der Waals surface area contributed by atoms with Crippen LogP contribution in [0.1, 0.15) is 24.7 Å². The van der Waals surface area contributed by atoms with Gasteiger partial charge >= 0.3 is 0 Å². The van der Waals surface area contributed by atoms with Crippen molar-refractivity contribution < 1.29 is 14.2 Å². The van der Waals surface area contributed by atoms with E-state index in [0.29, 0.717) is 12.4 Å². The molecule has 0 atom stereocenters. The first-order valence-electron chi connectivity index (χ1n) is 7.33. The lowest BCUT2D eigenvalue weighted by molar-refractivity contribution is 0.174. The van der Waals surface area contributed by atoms with Crippen LogP contribution < -0.4 is 19.5 Å². The second kappa shape index (κ2) is 6.51. The molecule has 116 valence electrons. The van der Waals surface area contributed by atoms with Crippen LogP contribution in [-0.4, -0.2) is 23.9 Å². The van der Waals surface area contributed by atoms with Crippen molar-refractivity contribution in [1.82, 2.24) is 9.97 Å². The zero-order valence-corrected chi connectivity index (χ0v) is 12.8. The minimum atomic E-state index is 0.287. The van der Waals surface area contributed by atoms with E-state index < -0.39 is 0 Å². The smallest absolute Gasteiger partial charge is 0.231 e. The van der Waals surface area contributed by atoms with E-state index in [1.165, 1.54) is 0 Å². The lowest BCUT2D eigenvalue weighted by Gasteiger charge is -2.09. The summed E-state index contributed by atoms with van der Waals surface area (Å²) in [6.07, 6.45) is 1.82. The molecule has 1 aliphatic heterocycles. The second-order valence-electron chi connectivity index (χ2n) is 5.00. The van der Waals surface area contributed by atoms with Gasteiger partial charge in [-0.1, -0.05) is 13.0 Å². The fourth-order valence-electron chi connectivity index (χ4n) is 2.25. The van der Waals surface area contributed by atoms with Gasteiger partial charge in [-0.2, -0.15) is 4.98 Å². The quantitative estimate of drug-likeness (QED) is 0.885. The predicted octanol–water partition coefficient (Wildman–Crippen LogP) is 2.78. The summed E-state index contributed by atoms with van der Waals surface area (Å²) < 4.78 is 15.9. The minimum absolute atomic E-state index is 0.287. The van der Waals surface area contributed by atoms with Gasteiger partial charge in [-0.3, -0.25) is 0 Å². The summed E-state index contributed by atoms with van der Waals surface area (Å²) in [6, 6.07) is 7.70. The maximum atomic E-state index is 5.38. The third kappa shape index (κ3) is 3.21. The number of hydrogen-bond acceptors (Lipinski definition) is 6. The van der Waals surface area contributed by atoms with Crippen LogP contribution in [0, 0.1) is 0 Å². The normalized spacial score (nSPS) is 12.3. The van der Waals surface area contributed by atoms with Crippen molar-refractivity contribution >= 4 is 5.82 Å². The van der Waals surface area contributed by atoms with Gasteiger partial charge in [0.25, 0.3) is 0 Å². The third-order valence-corrected chi connectivity index (χ3v) is 3.34. The van der Waals surface area contributed by atoms with Crippen LogP contribution in [0.15, 0.2) is 24.3 Å². The molecule has 1 aromatic heterocycles. The number of hydrogen-bond donors (Lipinski definition) is 1. The molecule has 0 fully saturated rings. The highest BCUT2D eigenvalue weighted by molar-refractivity contribution is 5.46. The van der Waals surface area contributed by atoms with Crippen molar-refractivity contribution in [2.75, 3.05) is 19.2 Å². The molecule has 1 aliphatic rings. The van der Waals surface area contributed by atoms with Crippen LogP contribution in [0.3, 0.4) is 0 Å². The molecule has 0 saturated heterocycles. The number of nitrogens with one attached hydrogen (secondary N) is 1. The Bertz CT molecular complexity index is 661. The Balaban J connectivity index is 1.71. The van der Waals surface area contributed by atoms with Gasteiger partial charge in [-0.25, -0.2) is 4.98 Å². The predicted molar refractivity (Wildman–Crippen MR) is 82.5 cm³/mol. The molecule has 6 heteroatoms. The average molecular weight is 301 g/mol. The van der Waals surface area contributed by atoms with Gasteiger partial charge in [0.05, 0.1) is 7.11 Å². The van der Waals surface area contributed by atoms with Gasteiger partial charge in [0.2, 0.25) is 12.7 Å². The molecular formula is C16H19N3O3. The highest BCUT2D eigenvalue weighted by Gasteiger charge is 2.13. The van der Waals surface area contributed by atoms with Gasteiger partial charge in [0, 0.05) is 19.0 Å². The monoisotopic (exact) mass is 301 g/mol. The number of aromatic nitrogens is 2. The minimum Gasteiger partial charge on any atom is -0.481 e. The number of rotatable bonds is 6. The Hall–Kier alpha value is -2.50. The highest BCUT2D eigenvalue weighted by Crippen LogP contribution is 2.32. The Kier molecular flexibility index (Phi) is 4.27. The van der Waals surface area contributed by atoms with E-state index in [9.17, 15) is 0 Å². The maximum absolute atomic E-state index is 5.38. The molecule has 0 bridgehead atoms. The summed E-state index contributed by atoms with van der Waals surface area (Å²) in [7, 11) is 1.61. The first kappa shape index (κ1) is 14.4. The Morgan fingerprint density at radius 2 is 2.05 bits per heavy atom. The average Bonchev–Trinajstić information content (AvgIpc) is 3.00. The molecule has 0 unspecified atom stereocenters. The van der Waals surface area contributed by atoms with Gasteiger partial charge in [-0.15, -0.1) is 0 Å². The summed E-state index contributed by atoms with van der Waals surface area (Å²) in [6.45, 7) is 3.03. The maximum Gasteiger partial charge on any atom is 0.231 e. The molecule has 0 aliphatic carbocycles. The Labute approximate surface area is 129 Å². The van der Waals surface area contributed by atoms with E-state index in [1.54, 1.807) is 13.2 Å². The zero-order valence-electron chi connectivity index (χ0n) is 12.8. The van der Waals surface area contributed by atoms with Crippen LogP contribution >= 0.6 is 0 Å². The van der Waals surface area contributed by atoms with Crippen molar-refractivity contribution in [2.45, 2.75) is 26.3 Å². The van der Waals surface area contributed by atoms with Crippen molar-refractivity contribution in [3.8, 4) is 17.4 Å². The third-order valence-electron chi connectivity index (χ3n) is 3.34. The largest absolute Gasteiger partial charge is 0.481 e. The summed E-state index contributed by atoms with van der Waals surface area (Å²) in [5.74, 6) is 3.69. The van der Waals surface area contributed by atoms with Crippen LogP contribution in [0.25, 0.3) is 0 Å². The number of nitrogens with zero attached hydrogens (tertiary/aromatic N) is 2. The molecule has 0 spiro atoms. The molecule has 22 heavy (non-hydrogen) atoms. The number of methoxy groups -OCH3 is 1. The Morgan fingerprint density at radius 1 is 1.18 bits per heavy atom. The molecule has 1 aromatic carbocycles. The summed E-state index contributed by atoms with van der Waals surface area (Å²) in [4.78, 5) is 8.83. The first-order valence-corrected chi connectivity index (χ1v) is 7.33. The fraction of sp³-hybridized carbons (Fsp3) is 0.375. The van der Waals surface area contributed by atoms with E-state index in [4.69, 9.17) is 14.2 Å². The van der Waals surface area contributed by atoms with Crippen molar-refractivity contribution in [3.05, 3.63) is 35.7 Å². The van der Waals surface area contributed by atoms with Crippen LogP contribution in [0.4, 0.5) is 5.82 Å². The summed E-state index contributed by atoms with van der Waals surface area (Å²) >= 11 is 0. The van der Waals surface area contributed by atoms with E-state index in [-0.39, 0.29) is 6.79 Å². The Morgan fingerprint density at radius 3 is 2.86 bits per heavy atom. The molecule has 2 aromatic rings. The van der Waals surface area contributed by atoms with Gasteiger partial charge in [-0.05, 0) is 24.1 Å². The zero-order chi connectivity index (χ0) is 15.4. The van der Waals surface area contributed by atoms with E-state index in [2.05, 4.69) is 22.2 Å². The number of anilines is 1. The lowest BCUT2D eigenvalue weighted by Crippen LogP contribution is -2.05. The summed E-state index contributed by atoms with van der Waals surface area (Å²) in [5, 5.41) is 3.30. The molecule has 3 rings (SSSR count). The second-order valence-corrected chi connectivity index (χ2v) is 5.00. The number of ether oxygens (including phenoxy) is 3. The number of benzene rings is 1. The number of fused-ring (bicyclic) bond motifs is 1. The number of aryl methyl sites for hydroxylation is 1. The first-order chi connectivity index (χ1) is 10.8.